The Hall–Kier alpha value is -0.610. The third-order valence-electron chi connectivity index (χ3n) is 1.35. The van der Waals surface area contributed by atoms with E-state index >= 15 is 0 Å². The van der Waals surface area contributed by atoms with Crippen LogP contribution in [0.25, 0.3) is 0 Å². The zero-order chi connectivity index (χ0) is 7.40. The second kappa shape index (κ2) is 3.53. The minimum atomic E-state index is -0.341. The van der Waals surface area contributed by atoms with E-state index in [1.165, 1.54) is 0 Å². The summed E-state index contributed by atoms with van der Waals surface area (Å²) in [5.41, 5.74) is 5.01. The van der Waals surface area contributed by atoms with Gasteiger partial charge in [-0.15, -0.1) is 0 Å². The maximum atomic E-state index is 10.5. The number of carbonyl (C=O) groups excluding carboxylic acids is 1. The molecule has 0 aromatic heterocycles. The van der Waals surface area contributed by atoms with E-state index in [1.807, 2.05) is 0 Å². The molecule has 1 aliphatic rings. The molecule has 0 bridgehead atoms. The number of ether oxygens (including phenoxy) is 2. The molecule has 1 saturated heterocycles. The van der Waals surface area contributed by atoms with Gasteiger partial charge in [-0.05, 0) is 0 Å². The van der Waals surface area contributed by atoms with Crippen LogP contribution in [-0.4, -0.2) is 32.3 Å². The van der Waals surface area contributed by atoms with E-state index in [0.29, 0.717) is 25.7 Å². The zero-order valence-corrected chi connectivity index (χ0v) is 5.71. The SMILES string of the molecule is NCC(=O)OCC1COC1. The van der Waals surface area contributed by atoms with Gasteiger partial charge in [0.25, 0.3) is 0 Å². The maximum Gasteiger partial charge on any atom is 0.319 e. The lowest BCUT2D eigenvalue weighted by atomic mass is 10.1. The molecule has 4 nitrogen and oxygen atoms in total. The van der Waals surface area contributed by atoms with E-state index in [-0.39, 0.29) is 12.5 Å². The molecule has 0 spiro atoms. The summed E-state index contributed by atoms with van der Waals surface area (Å²) in [5.74, 6) is 0.0578. The average Bonchev–Trinajstić information content (AvgIpc) is 1.84. The van der Waals surface area contributed by atoms with E-state index in [0.717, 1.165) is 0 Å². The number of hydrogen-bond acceptors (Lipinski definition) is 4. The molecule has 58 valence electrons. The number of carbonyl (C=O) groups is 1. The third-order valence-corrected chi connectivity index (χ3v) is 1.35. The molecule has 1 fully saturated rings. The van der Waals surface area contributed by atoms with E-state index < -0.39 is 0 Å². The summed E-state index contributed by atoms with van der Waals surface area (Å²) >= 11 is 0. The van der Waals surface area contributed by atoms with Crippen molar-refractivity contribution in [2.75, 3.05) is 26.4 Å². The van der Waals surface area contributed by atoms with Crippen molar-refractivity contribution in [1.29, 1.82) is 0 Å². The van der Waals surface area contributed by atoms with Crippen molar-refractivity contribution in [1.82, 2.24) is 0 Å². The van der Waals surface area contributed by atoms with Gasteiger partial charge in [0.05, 0.1) is 26.4 Å². The van der Waals surface area contributed by atoms with Crippen molar-refractivity contribution in [2.45, 2.75) is 0 Å². The molecule has 0 saturated carbocycles. The Morgan fingerprint density at radius 1 is 1.70 bits per heavy atom. The van der Waals surface area contributed by atoms with Crippen LogP contribution < -0.4 is 5.73 Å². The van der Waals surface area contributed by atoms with E-state index in [2.05, 4.69) is 0 Å². The van der Waals surface area contributed by atoms with Crippen LogP contribution in [0.5, 0.6) is 0 Å². The molecule has 0 aliphatic carbocycles. The van der Waals surface area contributed by atoms with E-state index in [9.17, 15) is 4.79 Å². The molecular weight excluding hydrogens is 134 g/mol. The zero-order valence-electron chi connectivity index (χ0n) is 5.71. The summed E-state index contributed by atoms with van der Waals surface area (Å²) in [6.45, 7) is 1.83. The Kier molecular flexibility index (Phi) is 2.65. The van der Waals surface area contributed by atoms with Gasteiger partial charge in [-0.25, -0.2) is 0 Å². The van der Waals surface area contributed by atoms with Gasteiger partial charge in [0.1, 0.15) is 0 Å². The van der Waals surface area contributed by atoms with Crippen molar-refractivity contribution >= 4 is 5.97 Å². The van der Waals surface area contributed by atoms with Crippen molar-refractivity contribution in [3.8, 4) is 0 Å². The molecule has 1 rings (SSSR count). The smallest absolute Gasteiger partial charge is 0.319 e. The summed E-state index contributed by atoms with van der Waals surface area (Å²) in [6.07, 6.45) is 0. The minimum absolute atomic E-state index is 0.0341. The summed E-state index contributed by atoms with van der Waals surface area (Å²) in [6, 6.07) is 0. The Morgan fingerprint density at radius 2 is 2.40 bits per heavy atom. The van der Waals surface area contributed by atoms with Gasteiger partial charge in [0.2, 0.25) is 0 Å². The third kappa shape index (κ3) is 1.97. The first kappa shape index (κ1) is 7.50. The number of nitrogens with two attached hydrogens (primary N) is 1. The van der Waals surface area contributed by atoms with Gasteiger partial charge in [0.15, 0.2) is 0 Å². The average molecular weight is 145 g/mol. The summed E-state index contributed by atoms with van der Waals surface area (Å²) < 4.78 is 9.63. The quantitative estimate of drug-likeness (QED) is 0.525. The lowest BCUT2D eigenvalue weighted by molar-refractivity contribution is -0.148. The van der Waals surface area contributed by atoms with Gasteiger partial charge in [-0.2, -0.15) is 0 Å². The van der Waals surface area contributed by atoms with Crippen molar-refractivity contribution in [3.05, 3.63) is 0 Å². The molecule has 0 radical (unpaired) electrons. The lowest BCUT2D eigenvalue weighted by Gasteiger charge is -2.24. The van der Waals surface area contributed by atoms with Gasteiger partial charge in [-0.3, -0.25) is 4.79 Å². The van der Waals surface area contributed by atoms with Gasteiger partial charge < -0.3 is 15.2 Å². The highest BCUT2D eigenvalue weighted by atomic mass is 16.5. The van der Waals surface area contributed by atoms with Gasteiger partial charge in [0, 0.05) is 5.92 Å². The lowest BCUT2D eigenvalue weighted by Crippen LogP contribution is -2.33. The van der Waals surface area contributed by atoms with Crippen molar-refractivity contribution in [3.63, 3.8) is 0 Å². The topological polar surface area (TPSA) is 61.6 Å². The summed E-state index contributed by atoms with van der Waals surface area (Å²) in [7, 11) is 0. The predicted molar refractivity (Wildman–Crippen MR) is 34.3 cm³/mol. The fourth-order valence-electron chi connectivity index (χ4n) is 0.650. The fourth-order valence-corrected chi connectivity index (χ4v) is 0.650. The predicted octanol–water partition coefficient (Wildman–Crippen LogP) is -0.865. The second-order valence-electron chi connectivity index (χ2n) is 2.29. The van der Waals surface area contributed by atoms with Crippen LogP contribution in [0, 0.1) is 5.92 Å². The molecule has 0 aromatic carbocycles. The van der Waals surface area contributed by atoms with Crippen LogP contribution in [0.1, 0.15) is 0 Å². The van der Waals surface area contributed by atoms with Crippen LogP contribution in [-0.2, 0) is 14.3 Å². The minimum Gasteiger partial charge on any atom is -0.464 e. The van der Waals surface area contributed by atoms with Crippen LogP contribution in [0.2, 0.25) is 0 Å². The Bertz CT molecular complexity index is 122. The molecule has 0 unspecified atom stereocenters. The van der Waals surface area contributed by atoms with E-state index in [1.54, 1.807) is 0 Å². The van der Waals surface area contributed by atoms with Gasteiger partial charge in [-0.1, -0.05) is 0 Å². The van der Waals surface area contributed by atoms with Crippen LogP contribution in [0.3, 0.4) is 0 Å². The number of esters is 1. The van der Waals surface area contributed by atoms with Crippen LogP contribution >= 0.6 is 0 Å². The summed E-state index contributed by atoms with van der Waals surface area (Å²) in [5, 5.41) is 0. The number of rotatable bonds is 3. The normalized spacial score (nSPS) is 18.1. The first-order valence-corrected chi connectivity index (χ1v) is 3.26. The standard InChI is InChI=1S/C6H11NO3/c7-1-6(8)10-4-5-2-9-3-5/h5H,1-4,7H2. The highest BCUT2D eigenvalue weighted by Crippen LogP contribution is 2.09. The molecule has 4 heteroatoms. The molecule has 2 N–H and O–H groups in total. The molecule has 1 aliphatic heterocycles. The van der Waals surface area contributed by atoms with Crippen LogP contribution in [0.4, 0.5) is 0 Å². The Morgan fingerprint density at radius 3 is 2.80 bits per heavy atom. The molecular formula is C6H11NO3. The van der Waals surface area contributed by atoms with Crippen LogP contribution in [0.15, 0.2) is 0 Å². The highest BCUT2D eigenvalue weighted by Gasteiger charge is 2.19. The van der Waals surface area contributed by atoms with Gasteiger partial charge >= 0.3 is 5.97 Å². The number of hydrogen-bond donors (Lipinski definition) is 1. The first-order chi connectivity index (χ1) is 4.83. The second-order valence-corrected chi connectivity index (χ2v) is 2.29. The molecule has 0 atom stereocenters. The monoisotopic (exact) mass is 145 g/mol. The highest BCUT2D eigenvalue weighted by molar-refractivity contribution is 5.71. The largest absolute Gasteiger partial charge is 0.464 e. The fraction of sp³-hybridized carbons (Fsp3) is 0.833. The summed E-state index contributed by atoms with van der Waals surface area (Å²) in [4.78, 5) is 10.5. The molecule has 0 aromatic rings. The maximum absolute atomic E-state index is 10.5. The Labute approximate surface area is 59.3 Å². The molecule has 10 heavy (non-hydrogen) atoms. The van der Waals surface area contributed by atoms with Crippen molar-refractivity contribution < 1.29 is 14.3 Å². The molecule has 1 heterocycles. The first-order valence-electron chi connectivity index (χ1n) is 3.26. The van der Waals surface area contributed by atoms with E-state index in [4.69, 9.17) is 15.2 Å². The van der Waals surface area contributed by atoms with Crippen molar-refractivity contribution in [2.24, 2.45) is 11.7 Å². The Balaban J connectivity index is 1.98. The molecule has 0 amide bonds.